The lowest BCUT2D eigenvalue weighted by Gasteiger charge is -2.10. The van der Waals surface area contributed by atoms with Crippen molar-refractivity contribution >= 4 is 11.6 Å². The Bertz CT molecular complexity index is 511. The van der Waals surface area contributed by atoms with E-state index in [9.17, 15) is 0 Å². The first-order valence-corrected chi connectivity index (χ1v) is 5.34. The van der Waals surface area contributed by atoms with Crippen molar-refractivity contribution in [2.75, 3.05) is 7.11 Å². The lowest BCUT2D eigenvalue weighted by atomic mass is 10.0. The standard InChI is InChI=1S/C13H12ClNO/c1-9-3-4-13(16-2)11(7-9)10-5-6-15-8-12(10)14/h3-8H,1-2H3. The molecule has 0 bridgehead atoms. The minimum Gasteiger partial charge on any atom is -0.496 e. The second kappa shape index (κ2) is 4.54. The third-order valence-corrected chi connectivity index (χ3v) is 2.72. The maximum Gasteiger partial charge on any atom is 0.126 e. The molecule has 0 fully saturated rings. The number of benzene rings is 1. The van der Waals surface area contributed by atoms with Crippen LogP contribution in [0.15, 0.2) is 36.7 Å². The first-order chi connectivity index (χ1) is 7.72. The molecule has 3 heteroatoms. The Hall–Kier alpha value is -1.54. The normalized spacial score (nSPS) is 10.2. The number of hydrogen-bond donors (Lipinski definition) is 0. The highest BCUT2D eigenvalue weighted by molar-refractivity contribution is 6.33. The van der Waals surface area contributed by atoms with Gasteiger partial charge in [0.05, 0.1) is 12.1 Å². The summed E-state index contributed by atoms with van der Waals surface area (Å²) in [6.07, 6.45) is 3.36. The van der Waals surface area contributed by atoms with Gasteiger partial charge < -0.3 is 4.74 Å². The molecule has 0 aliphatic rings. The highest BCUT2D eigenvalue weighted by atomic mass is 35.5. The lowest BCUT2D eigenvalue weighted by Crippen LogP contribution is -1.89. The van der Waals surface area contributed by atoms with Crippen LogP contribution >= 0.6 is 11.6 Å². The van der Waals surface area contributed by atoms with Gasteiger partial charge in [0.2, 0.25) is 0 Å². The molecule has 0 saturated carbocycles. The quantitative estimate of drug-likeness (QED) is 0.789. The van der Waals surface area contributed by atoms with Crippen LogP contribution in [0, 0.1) is 6.92 Å². The number of aromatic nitrogens is 1. The average molecular weight is 234 g/mol. The number of nitrogens with zero attached hydrogens (tertiary/aromatic N) is 1. The van der Waals surface area contributed by atoms with Crippen molar-refractivity contribution in [3.05, 3.63) is 47.2 Å². The van der Waals surface area contributed by atoms with Crippen LogP contribution < -0.4 is 4.74 Å². The number of rotatable bonds is 2. The van der Waals surface area contributed by atoms with Gasteiger partial charge in [0, 0.05) is 23.5 Å². The number of pyridine rings is 1. The van der Waals surface area contributed by atoms with Crippen LogP contribution in [-0.2, 0) is 0 Å². The summed E-state index contributed by atoms with van der Waals surface area (Å²) in [4.78, 5) is 3.98. The summed E-state index contributed by atoms with van der Waals surface area (Å²) in [5, 5.41) is 0.631. The SMILES string of the molecule is COc1ccc(C)cc1-c1ccncc1Cl. The fraction of sp³-hybridized carbons (Fsp3) is 0.154. The van der Waals surface area contributed by atoms with Crippen molar-refractivity contribution in [3.63, 3.8) is 0 Å². The molecule has 1 aromatic carbocycles. The van der Waals surface area contributed by atoms with Crippen LogP contribution in [0.2, 0.25) is 5.02 Å². The molecule has 2 rings (SSSR count). The van der Waals surface area contributed by atoms with Gasteiger partial charge in [0.1, 0.15) is 5.75 Å². The van der Waals surface area contributed by atoms with Crippen LogP contribution in [0.25, 0.3) is 11.1 Å². The zero-order chi connectivity index (χ0) is 11.5. The van der Waals surface area contributed by atoms with Crippen molar-refractivity contribution < 1.29 is 4.74 Å². The Morgan fingerprint density at radius 2 is 2.00 bits per heavy atom. The Labute approximate surface area is 99.9 Å². The maximum absolute atomic E-state index is 6.12. The average Bonchev–Trinajstić information content (AvgIpc) is 2.29. The van der Waals surface area contributed by atoms with Gasteiger partial charge in [-0.2, -0.15) is 0 Å². The van der Waals surface area contributed by atoms with Gasteiger partial charge >= 0.3 is 0 Å². The number of halogens is 1. The molecule has 0 atom stereocenters. The van der Waals surface area contributed by atoms with Gasteiger partial charge in [-0.25, -0.2) is 0 Å². The summed E-state index contributed by atoms with van der Waals surface area (Å²) in [5.41, 5.74) is 3.11. The Balaban J connectivity index is 2.63. The molecule has 0 aliphatic heterocycles. The molecule has 2 aromatic rings. The lowest BCUT2D eigenvalue weighted by molar-refractivity contribution is 0.416. The summed E-state index contributed by atoms with van der Waals surface area (Å²) >= 11 is 6.12. The second-order valence-corrected chi connectivity index (χ2v) is 3.97. The molecule has 1 heterocycles. The van der Waals surface area contributed by atoms with E-state index in [1.54, 1.807) is 19.5 Å². The van der Waals surface area contributed by atoms with E-state index in [1.807, 2.05) is 25.1 Å². The fourth-order valence-corrected chi connectivity index (χ4v) is 1.85. The van der Waals surface area contributed by atoms with Gasteiger partial charge in [-0.15, -0.1) is 0 Å². The molecule has 1 aromatic heterocycles. The third-order valence-electron chi connectivity index (χ3n) is 2.42. The van der Waals surface area contributed by atoms with E-state index < -0.39 is 0 Å². The Morgan fingerprint density at radius 3 is 2.69 bits per heavy atom. The molecular formula is C13H12ClNO. The predicted octanol–water partition coefficient (Wildman–Crippen LogP) is 3.72. The monoisotopic (exact) mass is 233 g/mol. The van der Waals surface area contributed by atoms with Crippen molar-refractivity contribution in [1.82, 2.24) is 4.98 Å². The Kier molecular flexibility index (Phi) is 3.11. The van der Waals surface area contributed by atoms with Crippen molar-refractivity contribution in [2.45, 2.75) is 6.92 Å². The van der Waals surface area contributed by atoms with Crippen molar-refractivity contribution in [2.24, 2.45) is 0 Å². The molecular weight excluding hydrogens is 222 g/mol. The largest absolute Gasteiger partial charge is 0.496 e. The second-order valence-electron chi connectivity index (χ2n) is 3.56. The molecule has 82 valence electrons. The first kappa shape index (κ1) is 11.0. The molecule has 0 amide bonds. The zero-order valence-corrected chi connectivity index (χ0v) is 9.95. The number of aryl methyl sites for hydroxylation is 1. The minimum absolute atomic E-state index is 0.631. The van der Waals surface area contributed by atoms with E-state index in [-0.39, 0.29) is 0 Å². The predicted molar refractivity (Wildman–Crippen MR) is 66.0 cm³/mol. The molecule has 0 spiro atoms. The van der Waals surface area contributed by atoms with Gasteiger partial charge in [0.25, 0.3) is 0 Å². The van der Waals surface area contributed by atoms with E-state index >= 15 is 0 Å². The number of methoxy groups -OCH3 is 1. The minimum atomic E-state index is 0.631. The molecule has 0 saturated heterocycles. The summed E-state index contributed by atoms with van der Waals surface area (Å²) in [6, 6.07) is 7.90. The van der Waals surface area contributed by atoms with Gasteiger partial charge in [0.15, 0.2) is 0 Å². The van der Waals surface area contributed by atoms with Crippen LogP contribution in [0.3, 0.4) is 0 Å². The van der Waals surface area contributed by atoms with Crippen LogP contribution in [-0.4, -0.2) is 12.1 Å². The number of ether oxygens (including phenoxy) is 1. The molecule has 0 N–H and O–H groups in total. The highest BCUT2D eigenvalue weighted by Crippen LogP contribution is 2.34. The summed E-state index contributed by atoms with van der Waals surface area (Å²) in [6.45, 7) is 2.04. The van der Waals surface area contributed by atoms with Gasteiger partial charge in [-0.05, 0) is 25.1 Å². The smallest absolute Gasteiger partial charge is 0.126 e. The zero-order valence-electron chi connectivity index (χ0n) is 9.20. The summed E-state index contributed by atoms with van der Waals surface area (Å²) in [5.74, 6) is 0.818. The van der Waals surface area contributed by atoms with Crippen LogP contribution in [0.1, 0.15) is 5.56 Å². The molecule has 0 radical (unpaired) electrons. The number of hydrogen-bond acceptors (Lipinski definition) is 2. The third kappa shape index (κ3) is 2.02. The highest BCUT2D eigenvalue weighted by Gasteiger charge is 2.09. The van der Waals surface area contributed by atoms with E-state index in [0.717, 1.165) is 16.9 Å². The van der Waals surface area contributed by atoms with Crippen LogP contribution in [0.5, 0.6) is 5.75 Å². The van der Waals surface area contributed by atoms with Gasteiger partial charge in [-0.1, -0.05) is 23.2 Å². The van der Waals surface area contributed by atoms with E-state index in [2.05, 4.69) is 11.1 Å². The molecule has 2 nitrogen and oxygen atoms in total. The summed E-state index contributed by atoms with van der Waals surface area (Å²) in [7, 11) is 1.66. The topological polar surface area (TPSA) is 22.1 Å². The van der Waals surface area contributed by atoms with E-state index in [4.69, 9.17) is 16.3 Å². The van der Waals surface area contributed by atoms with E-state index in [1.165, 1.54) is 5.56 Å². The summed E-state index contributed by atoms with van der Waals surface area (Å²) < 4.78 is 5.33. The van der Waals surface area contributed by atoms with Crippen molar-refractivity contribution in [3.8, 4) is 16.9 Å². The van der Waals surface area contributed by atoms with Crippen molar-refractivity contribution in [1.29, 1.82) is 0 Å². The maximum atomic E-state index is 6.12. The molecule has 0 unspecified atom stereocenters. The first-order valence-electron chi connectivity index (χ1n) is 4.97. The van der Waals surface area contributed by atoms with Crippen LogP contribution in [0.4, 0.5) is 0 Å². The molecule has 16 heavy (non-hydrogen) atoms. The molecule has 0 aliphatic carbocycles. The van der Waals surface area contributed by atoms with E-state index in [0.29, 0.717) is 5.02 Å². The Morgan fingerprint density at radius 1 is 1.19 bits per heavy atom. The fourth-order valence-electron chi connectivity index (χ4n) is 1.63. The van der Waals surface area contributed by atoms with Gasteiger partial charge in [-0.3, -0.25) is 4.98 Å².